The lowest BCUT2D eigenvalue weighted by Crippen LogP contribution is -2.40. The van der Waals surface area contributed by atoms with Crippen molar-refractivity contribution in [3.63, 3.8) is 0 Å². The van der Waals surface area contributed by atoms with Crippen molar-refractivity contribution in [2.45, 2.75) is 58.5 Å². The zero-order valence-corrected chi connectivity index (χ0v) is 10.1. The molecule has 3 nitrogen and oxygen atoms in total. The minimum absolute atomic E-state index is 0.257. The third-order valence-corrected chi connectivity index (χ3v) is 3.18. The summed E-state index contributed by atoms with van der Waals surface area (Å²) in [4.78, 5) is 12.9. The van der Waals surface area contributed by atoms with Crippen LogP contribution in [0.3, 0.4) is 0 Å². The maximum absolute atomic E-state index is 10.6. The number of hydrogen-bond donors (Lipinski definition) is 1. The SMILES string of the molecule is CC(C)N(CCC(=O)O)C(C)CC1CC1. The lowest BCUT2D eigenvalue weighted by Gasteiger charge is -2.32. The van der Waals surface area contributed by atoms with Gasteiger partial charge >= 0.3 is 5.97 Å². The highest BCUT2D eigenvalue weighted by atomic mass is 16.4. The Hall–Kier alpha value is -0.570. The minimum atomic E-state index is -0.695. The number of carbonyl (C=O) groups is 1. The molecule has 3 heteroatoms. The summed E-state index contributed by atoms with van der Waals surface area (Å²) in [6.07, 6.45) is 4.23. The van der Waals surface area contributed by atoms with E-state index in [1.165, 1.54) is 19.3 Å². The van der Waals surface area contributed by atoms with E-state index in [1.807, 2.05) is 0 Å². The molecule has 0 aromatic rings. The summed E-state index contributed by atoms with van der Waals surface area (Å²) in [5, 5.41) is 8.69. The standard InChI is InChI=1S/C12H23NO2/c1-9(2)13(7-6-12(14)15)10(3)8-11-4-5-11/h9-11H,4-8H2,1-3H3,(H,14,15). The van der Waals surface area contributed by atoms with E-state index in [0.717, 1.165) is 5.92 Å². The van der Waals surface area contributed by atoms with Gasteiger partial charge in [0.05, 0.1) is 6.42 Å². The summed E-state index contributed by atoms with van der Waals surface area (Å²) >= 11 is 0. The lowest BCUT2D eigenvalue weighted by atomic mass is 10.1. The van der Waals surface area contributed by atoms with Crippen LogP contribution in [0.1, 0.15) is 46.5 Å². The number of nitrogens with zero attached hydrogens (tertiary/aromatic N) is 1. The van der Waals surface area contributed by atoms with Gasteiger partial charge in [-0.15, -0.1) is 0 Å². The fourth-order valence-electron chi connectivity index (χ4n) is 2.18. The molecule has 0 amide bonds. The maximum Gasteiger partial charge on any atom is 0.304 e. The van der Waals surface area contributed by atoms with E-state index in [2.05, 4.69) is 25.7 Å². The van der Waals surface area contributed by atoms with E-state index in [0.29, 0.717) is 18.6 Å². The van der Waals surface area contributed by atoms with E-state index in [1.54, 1.807) is 0 Å². The lowest BCUT2D eigenvalue weighted by molar-refractivity contribution is -0.137. The molecule has 88 valence electrons. The van der Waals surface area contributed by atoms with E-state index in [4.69, 9.17) is 5.11 Å². The second-order valence-corrected chi connectivity index (χ2v) is 5.00. The molecule has 1 aliphatic carbocycles. The first-order valence-electron chi connectivity index (χ1n) is 5.98. The fourth-order valence-corrected chi connectivity index (χ4v) is 2.18. The van der Waals surface area contributed by atoms with Crippen molar-refractivity contribution in [2.75, 3.05) is 6.54 Å². The second kappa shape index (κ2) is 5.50. The number of carboxylic acids is 1. The Balaban J connectivity index is 2.36. The van der Waals surface area contributed by atoms with Gasteiger partial charge in [0.15, 0.2) is 0 Å². The highest BCUT2D eigenvalue weighted by Crippen LogP contribution is 2.34. The fraction of sp³-hybridized carbons (Fsp3) is 0.917. The average Bonchev–Trinajstić information content (AvgIpc) is 2.87. The highest BCUT2D eigenvalue weighted by molar-refractivity contribution is 5.66. The van der Waals surface area contributed by atoms with Crippen LogP contribution in [-0.2, 0) is 4.79 Å². The molecule has 0 heterocycles. The first kappa shape index (κ1) is 12.5. The topological polar surface area (TPSA) is 40.5 Å². The summed E-state index contributed by atoms with van der Waals surface area (Å²) in [7, 11) is 0. The van der Waals surface area contributed by atoms with Gasteiger partial charge in [-0.25, -0.2) is 0 Å². The molecule has 1 N–H and O–H groups in total. The monoisotopic (exact) mass is 213 g/mol. The summed E-state index contributed by atoms with van der Waals surface area (Å²) in [6.45, 7) is 7.19. The van der Waals surface area contributed by atoms with E-state index >= 15 is 0 Å². The quantitative estimate of drug-likeness (QED) is 0.705. The van der Waals surface area contributed by atoms with Crippen molar-refractivity contribution in [2.24, 2.45) is 5.92 Å². The first-order chi connectivity index (χ1) is 7.00. The molecule has 0 saturated heterocycles. The smallest absolute Gasteiger partial charge is 0.304 e. The third kappa shape index (κ3) is 4.65. The number of aliphatic carboxylic acids is 1. The van der Waals surface area contributed by atoms with Gasteiger partial charge in [0.2, 0.25) is 0 Å². The molecular weight excluding hydrogens is 190 g/mol. The van der Waals surface area contributed by atoms with Crippen LogP contribution in [0.25, 0.3) is 0 Å². The van der Waals surface area contributed by atoms with Crippen LogP contribution in [-0.4, -0.2) is 34.6 Å². The molecule has 15 heavy (non-hydrogen) atoms. The molecule has 0 bridgehead atoms. The van der Waals surface area contributed by atoms with Gasteiger partial charge in [-0.1, -0.05) is 12.8 Å². The van der Waals surface area contributed by atoms with Gasteiger partial charge in [0.1, 0.15) is 0 Å². The van der Waals surface area contributed by atoms with Gasteiger partial charge in [0, 0.05) is 18.6 Å². The summed E-state index contributed by atoms with van der Waals surface area (Å²) in [5.41, 5.74) is 0. The summed E-state index contributed by atoms with van der Waals surface area (Å²) in [6, 6.07) is 0.968. The molecule has 0 radical (unpaired) electrons. The molecule has 1 saturated carbocycles. The molecule has 0 aliphatic heterocycles. The molecule has 1 rings (SSSR count). The molecular formula is C12H23NO2. The predicted molar refractivity (Wildman–Crippen MR) is 60.9 cm³/mol. The van der Waals surface area contributed by atoms with Gasteiger partial charge in [0.25, 0.3) is 0 Å². The van der Waals surface area contributed by atoms with E-state index in [9.17, 15) is 4.79 Å². The number of carboxylic acid groups (broad SMARTS) is 1. The highest BCUT2D eigenvalue weighted by Gasteiger charge is 2.27. The van der Waals surface area contributed by atoms with Crippen molar-refractivity contribution in [3.8, 4) is 0 Å². The van der Waals surface area contributed by atoms with Crippen molar-refractivity contribution in [3.05, 3.63) is 0 Å². The molecule has 1 atom stereocenters. The zero-order chi connectivity index (χ0) is 11.4. The van der Waals surface area contributed by atoms with Crippen LogP contribution in [0.4, 0.5) is 0 Å². The molecule has 1 fully saturated rings. The Morgan fingerprint density at radius 3 is 2.40 bits per heavy atom. The van der Waals surface area contributed by atoms with Gasteiger partial charge in [-0.05, 0) is 33.1 Å². The molecule has 0 aromatic carbocycles. The molecule has 0 aromatic heterocycles. The number of rotatable bonds is 7. The normalized spacial score (nSPS) is 18.5. The minimum Gasteiger partial charge on any atom is -0.481 e. The van der Waals surface area contributed by atoms with Crippen LogP contribution in [0.2, 0.25) is 0 Å². The van der Waals surface area contributed by atoms with E-state index in [-0.39, 0.29) is 6.42 Å². The van der Waals surface area contributed by atoms with Crippen LogP contribution < -0.4 is 0 Å². The Bertz CT molecular complexity index is 212. The summed E-state index contributed by atoms with van der Waals surface area (Å²) in [5.74, 6) is 0.213. The van der Waals surface area contributed by atoms with Crippen LogP contribution in [0.5, 0.6) is 0 Å². The molecule has 0 spiro atoms. The van der Waals surface area contributed by atoms with Crippen molar-refractivity contribution >= 4 is 5.97 Å². The molecule has 1 aliphatic rings. The van der Waals surface area contributed by atoms with Gasteiger partial charge in [-0.3, -0.25) is 9.69 Å². The first-order valence-corrected chi connectivity index (χ1v) is 5.98. The average molecular weight is 213 g/mol. The second-order valence-electron chi connectivity index (χ2n) is 5.00. The van der Waals surface area contributed by atoms with E-state index < -0.39 is 5.97 Å². The van der Waals surface area contributed by atoms with Crippen LogP contribution in [0, 0.1) is 5.92 Å². The van der Waals surface area contributed by atoms with Crippen molar-refractivity contribution in [1.82, 2.24) is 4.90 Å². The van der Waals surface area contributed by atoms with Gasteiger partial charge in [-0.2, -0.15) is 0 Å². The van der Waals surface area contributed by atoms with Gasteiger partial charge < -0.3 is 5.11 Å². The largest absolute Gasteiger partial charge is 0.481 e. The number of hydrogen-bond acceptors (Lipinski definition) is 2. The van der Waals surface area contributed by atoms with Crippen molar-refractivity contribution < 1.29 is 9.90 Å². The zero-order valence-electron chi connectivity index (χ0n) is 10.1. The van der Waals surface area contributed by atoms with Crippen LogP contribution in [0.15, 0.2) is 0 Å². The predicted octanol–water partition coefficient (Wildman–Crippen LogP) is 2.36. The Kier molecular flexibility index (Phi) is 4.58. The Labute approximate surface area is 92.5 Å². The maximum atomic E-state index is 10.6. The summed E-state index contributed by atoms with van der Waals surface area (Å²) < 4.78 is 0. The third-order valence-electron chi connectivity index (χ3n) is 3.18. The van der Waals surface area contributed by atoms with Crippen molar-refractivity contribution in [1.29, 1.82) is 0 Å². The molecule has 1 unspecified atom stereocenters. The van der Waals surface area contributed by atoms with Crippen LogP contribution >= 0.6 is 0 Å². The Morgan fingerprint density at radius 1 is 1.40 bits per heavy atom. The Morgan fingerprint density at radius 2 is 2.00 bits per heavy atom.